The molecule has 17 heavy (non-hydrogen) atoms. The van der Waals surface area contributed by atoms with Gasteiger partial charge in [0.1, 0.15) is 0 Å². The van der Waals surface area contributed by atoms with Crippen molar-refractivity contribution in [2.45, 2.75) is 18.3 Å². The van der Waals surface area contributed by atoms with E-state index in [-0.39, 0.29) is 16.4 Å². The van der Waals surface area contributed by atoms with E-state index in [2.05, 4.69) is 0 Å². The summed E-state index contributed by atoms with van der Waals surface area (Å²) in [5.74, 6) is 1.02. The molecule has 1 aromatic rings. The van der Waals surface area contributed by atoms with Gasteiger partial charge in [0, 0.05) is 28.1 Å². The second kappa shape index (κ2) is 5.59. The third kappa shape index (κ3) is 2.77. The summed E-state index contributed by atoms with van der Waals surface area (Å²) in [6.45, 7) is 1.51. The monoisotopic (exact) mass is 276 g/mol. The number of hydrogen-bond acceptors (Lipinski definition) is 3. The molecule has 1 aromatic carbocycles. The lowest BCUT2D eigenvalue weighted by molar-refractivity contribution is 0.174. The fourth-order valence-corrected chi connectivity index (χ4v) is 4.52. The van der Waals surface area contributed by atoms with Crippen LogP contribution in [0.2, 0.25) is 0 Å². The van der Waals surface area contributed by atoms with Crippen molar-refractivity contribution >= 4 is 23.5 Å². The molecule has 0 saturated carbocycles. The maximum Gasteiger partial charge on any atom is 0.164 e. The van der Waals surface area contributed by atoms with E-state index in [1.807, 2.05) is 0 Å². The summed E-state index contributed by atoms with van der Waals surface area (Å²) in [4.78, 5) is 0. The maximum absolute atomic E-state index is 13.7. The minimum Gasteiger partial charge on any atom is -0.387 e. The van der Waals surface area contributed by atoms with Gasteiger partial charge in [0.15, 0.2) is 11.6 Å². The first-order valence-electron chi connectivity index (χ1n) is 5.43. The predicted octanol–water partition coefficient (Wildman–Crippen LogP) is 3.16. The highest BCUT2D eigenvalue weighted by Gasteiger charge is 2.27. The minimum absolute atomic E-state index is 0.0506. The van der Waals surface area contributed by atoms with Crippen molar-refractivity contribution in [3.63, 3.8) is 0 Å². The van der Waals surface area contributed by atoms with Crippen LogP contribution >= 0.6 is 23.5 Å². The summed E-state index contributed by atoms with van der Waals surface area (Å²) in [7, 11) is 0. The van der Waals surface area contributed by atoms with Crippen molar-refractivity contribution in [2.75, 3.05) is 17.3 Å². The largest absolute Gasteiger partial charge is 0.387 e. The number of hydrogen-bond donors (Lipinski definition) is 1. The van der Waals surface area contributed by atoms with Gasteiger partial charge >= 0.3 is 0 Å². The van der Waals surface area contributed by atoms with E-state index in [0.29, 0.717) is 0 Å². The topological polar surface area (TPSA) is 20.2 Å². The van der Waals surface area contributed by atoms with E-state index in [1.165, 1.54) is 19.1 Å². The van der Waals surface area contributed by atoms with Gasteiger partial charge in [-0.25, -0.2) is 8.78 Å². The van der Waals surface area contributed by atoms with E-state index in [9.17, 15) is 13.9 Å². The minimum atomic E-state index is -0.928. The number of benzene rings is 1. The lowest BCUT2D eigenvalue weighted by Gasteiger charge is -2.26. The summed E-state index contributed by atoms with van der Waals surface area (Å²) >= 11 is 3.37. The highest BCUT2D eigenvalue weighted by molar-refractivity contribution is 8.06. The molecule has 0 aliphatic carbocycles. The highest BCUT2D eigenvalue weighted by Crippen LogP contribution is 2.35. The number of aliphatic hydroxyl groups excluding tert-OH is 1. The molecule has 2 atom stereocenters. The molecule has 1 N–H and O–H groups in total. The van der Waals surface area contributed by atoms with Crippen molar-refractivity contribution in [2.24, 2.45) is 0 Å². The Balaban J connectivity index is 2.24. The van der Waals surface area contributed by atoms with Crippen molar-refractivity contribution in [1.82, 2.24) is 0 Å². The van der Waals surface area contributed by atoms with E-state index in [1.54, 1.807) is 23.5 Å². The Hall–Kier alpha value is -0.260. The average Bonchev–Trinajstić information content (AvgIpc) is 2.36. The SMILES string of the molecule is Cc1ccc(C(O)C2CSCCS2)c(F)c1F. The summed E-state index contributed by atoms with van der Waals surface area (Å²) in [6, 6.07) is 3.00. The van der Waals surface area contributed by atoms with Crippen molar-refractivity contribution in [3.05, 3.63) is 34.9 Å². The molecular formula is C12H14F2OS2. The summed E-state index contributed by atoms with van der Waals surface area (Å²) in [5, 5.41) is 10.1. The molecule has 0 amide bonds. The molecule has 94 valence electrons. The molecule has 0 bridgehead atoms. The Morgan fingerprint density at radius 3 is 2.71 bits per heavy atom. The fraction of sp³-hybridized carbons (Fsp3) is 0.500. The maximum atomic E-state index is 13.7. The number of rotatable bonds is 2. The van der Waals surface area contributed by atoms with Crippen LogP contribution < -0.4 is 0 Å². The van der Waals surface area contributed by atoms with Crippen LogP contribution in [-0.4, -0.2) is 27.6 Å². The van der Waals surface area contributed by atoms with Gasteiger partial charge in [-0.3, -0.25) is 0 Å². The Labute approximate surface area is 108 Å². The summed E-state index contributed by atoms with van der Waals surface area (Å²) in [5.41, 5.74) is 0.345. The first-order chi connectivity index (χ1) is 8.11. The summed E-state index contributed by atoms with van der Waals surface area (Å²) in [6.07, 6.45) is -0.928. The van der Waals surface area contributed by atoms with Crippen LogP contribution in [0.15, 0.2) is 12.1 Å². The lowest BCUT2D eigenvalue weighted by Crippen LogP contribution is -2.23. The molecule has 0 radical (unpaired) electrons. The van der Waals surface area contributed by atoms with Crippen molar-refractivity contribution in [3.8, 4) is 0 Å². The molecule has 1 saturated heterocycles. The van der Waals surface area contributed by atoms with Gasteiger partial charge in [-0.1, -0.05) is 12.1 Å². The zero-order valence-corrected chi connectivity index (χ0v) is 11.1. The van der Waals surface area contributed by atoms with Gasteiger partial charge in [-0.2, -0.15) is 23.5 Å². The number of aryl methyl sites for hydroxylation is 1. The van der Waals surface area contributed by atoms with E-state index >= 15 is 0 Å². The summed E-state index contributed by atoms with van der Waals surface area (Å²) < 4.78 is 27.1. The standard InChI is InChI=1S/C12H14F2OS2/c1-7-2-3-8(11(14)10(7)13)12(15)9-6-16-4-5-17-9/h2-3,9,12,15H,4-6H2,1H3. The number of halogens is 2. The molecule has 2 rings (SSSR count). The van der Waals surface area contributed by atoms with Crippen LogP contribution in [0.25, 0.3) is 0 Å². The zero-order valence-electron chi connectivity index (χ0n) is 9.45. The van der Waals surface area contributed by atoms with Gasteiger partial charge < -0.3 is 5.11 Å². The quantitative estimate of drug-likeness (QED) is 0.896. The Morgan fingerprint density at radius 2 is 2.06 bits per heavy atom. The third-order valence-electron chi connectivity index (χ3n) is 2.82. The van der Waals surface area contributed by atoms with Crippen molar-refractivity contribution in [1.29, 1.82) is 0 Å². The van der Waals surface area contributed by atoms with Crippen LogP contribution in [-0.2, 0) is 0 Å². The Kier molecular flexibility index (Phi) is 4.33. The molecule has 0 aromatic heterocycles. The highest BCUT2D eigenvalue weighted by atomic mass is 32.2. The Morgan fingerprint density at radius 1 is 1.29 bits per heavy atom. The lowest BCUT2D eigenvalue weighted by atomic mass is 10.0. The Bertz CT molecular complexity index is 406. The average molecular weight is 276 g/mol. The molecular weight excluding hydrogens is 262 g/mol. The molecule has 5 heteroatoms. The first kappa shape index (κ1) is 13.2. The molecule has 1 aliphatic heterocycles. The van der Waals surface area contributed by atoms with Crippen molar-refractivity contribution < 1.29 is 13.9 Å². The van der Waals surface area contributed by atoms with Crippen LogP contribution in [0.5, 0.6) is 0 Å². The zero-order chi connectivity index (χ0) is 12.4. The van der Waals surface area contributed by atoms with Gasteiger partial charge in [0.05, 0.1) is 6.10 Å². The number of aliphatic hydroxyl groups is 1. The van der Waals surface area contributed by atoms with E-state index < -0.39 is 17.7 Å². The van der Waals surface area contributed by atoms with Gasteiger partial charge in [0.25, 0.3) is 0 Å². The van der Waals surface area contributed by atoms with Crippen LogP contribution in [0, 0.1) is 18.6 Å². The normalized spacial score (nSPS) is 22.5. The second-order valence-corrected chi connectivity index (χ2v) is 6.53. The third-order valence-corrected chi connectivity index (χ3v) is 5.67. The van der Waals surface area contributed by atoms with Gasteiger partial charge in [-0.05, 0) is 12.5 Å². The molecule has 1 fully saturated rings. The molecule has 2 unspecified atom stereocenters. The van der Waals surface area contributed by atoms with Crippen LogP contribution in [0.3, 0.4) is 0 Å². The smallest absolute Gasteiger partial charge is 0.164 e. The molecule has 1 nitrogen and oxygen atoms in total. The van der Waals surface area contributed by atoms with Gasteiger partial charge in [-0.15, -0.1) is 0 Å². The van der Waals surface area contributed by atoms with Crippen LogP contribution in [0.4, 0.5) is 8.78 Å². The number of thioether (sulfide) groups is 2. The molecule has 1 aliphatic rings. The second-order valence-electron chi connectivity index (χ2n) is 4.03. The molecule has 1 heterocycles. The van der Waals surface area contributed by atoms with Gasteiger partial charge in [0.2, 0.25) is 0 Å². The predicted molar refractivity (Wildman–Crippen MR) is 69.6 cm³/mol. The van der Waals surface area contributed by atoms with E-state index in [0.717, 1.165) is 17.3 Å². The first-order valence-corrected chi connectivity index (χ1v) is 7.63. The molecule has 0 spiro atoms. The van der Waals surface area contributed by atoms with Crippen LogP contribution in [0.1, 0.15) is 17.2 Å². The van der Waals surface area contributed by atoms with E-state index in [4.69, 9.17) is 0 Å². The fourth-order valence-electron chi connectivity index (χ4n) is 1.78.